The smallest absolute Gasteiger partial charge is 0.253 e. The zero-order valence-electron chi connectivity index (χ0n) is 22.8. The molecule has 3 aromatic carbocycles. The predicted octanol–water partition coefficient (Wildman–Crippen LogP) is 5.23. The fraction of sp³-hybridized carbons (Fsp3) is 0.375. The molecular formula is C32H35N3O4. The summed E-state index contributed by atoms with van der Waals surface area (Å²) in [6.07, 6.45) is 1.61. The van der Waals surface area contributed by atoms with E-state index in [9.17, 15) is 9.59 Å². The maximum atomic E-state index is 13.4. The first kappa shape index (κ1) is 25.4. The number of amides is 2. The second kappa shape index (κ2) is 10.0. The van der Waals surface area contributed by atoms with Crippen LogP contribution in [0.4, 0.5) is 5.69 Å². The monoisotopic (exact) mass is 525 g/mol. The molecule has 0 radical (unpaired) electrons. The first-order valence-electron chi connectivity index (χ1n) is 13.8. The van der Waals surface area contributed by atoms with Crippen molar-refractivity contribution in [3.8, 4) is 22.6 Å². The molecule has 0 aromatic heterocycles. The van der Waals surface area contributed by atoms with Gasteiger partial charge in [-0.25, -0.2) is 0 Å². The molecule has 7 heteroatoms. The molecule has 0 spiro atoms. The number of nitrogens with one attached hydrogen (secondary N) is 1. The van der Waals surface area contributed by atoms with Crippen LogP contribution in [0.25, 0.3) is 11.1 Å². The Labute approximate surface area is 229 Å². The van der Waals surface area contributed by atoms with Gasteiger partial charge in [0.25, 0.3) is 5.91 Å². The average Bonchev–Trinajstić information content (AvgIpc) is 3.64. The van der Waals surface area contributed by atoms with E-state index in [-0.39, 0.29) is 18.6 Å². The number of carbonyl (C=O) groups excluding carboxylic acids is 2. The average molecular weight is 526 g/mol. The van der Waals surface area contributed by atoms with Crippen molar-refractivity contribution in [2.24, 2.45) is 0 Å². The third-order valence-corrected chi connectivity index (χ3v) is 8.38. The van der Waals surface area contributed by atoms with Gasteiger partial charge in [0.2, 0.25) is 12.7 Å². The fourth-order valence-corrected chi connectivity index (χ4v) is 5.64. The minimum Gasteiger partial charge on any atom is -0.454 e. The van der Waals surface area contributed by atoms with Gasteiger partial charge in [-0.2, -0.15) is 0 Å². The molecule has 2 aliphatic heterocycles. The van der Waals surface area contributed by atoms with Gasteiger partial charge in [-0.05, 0) is 92.3 Å². The zero-order valence-corrected chi connectivity index (χ0v) is 22.8. The number of nitrogens with zero attached hydrogens (tertiary/aromatic N) is 2. The van der Waals surface area contributed by atoms with Gasteiger partial charge in [-0.15, -0.1) is 0 Å². The highest BCUT2D eigenvalue weighted by molar-refractivity contribution is 6.02. The number of aryl methyl sites for hydroxylation is 1. The SMILES string of the molecule is Cc1ccc(NC(=O)C2(c3ccc4c(c3)OCO4)CC2)cc1-c1ccc(C(=O)N2CCN(C(C)C)CC2)cc1. The highest BCUT2D eigenvalue weighted by Crippen LogP contribution is 2.51. The lowest BCUT2D eigenvalue weighted by molar-refractivity contribution is -0.118. The summed E-state index contributed by atoms with van der Waals surface area (Å²) in [6, 6.07) is 20.1. The van der Waals surface area contributed by atoms with Crippen LogP contribution < -0.4 is 14.8 Å². The summed E-state index contributed by atoms with van der Waals surface area (Å²) in [7, 11) is 0. The summed E-state index contributed by atoms with van der Waals surface area (Å²) in [5.41, 5.74) is 5.05. The number of piperazine rings is 1. The summed E-state index contributed by atoms with van der Waals surface area (Å²) < 4.78 is 11.0. The van der Waals surface area contributed by atoms with Gasteiger partial charge in [-0.3, -0.25) is 14.5 Å². The molecule has 1 saturated heterocycles. The topological polar surface area (TPSA) is 71.1 Å². The van der Waals surface area contributed by atoms with Crippen LogP contribution in [0.2, 0.25) is 0 Å². The summed E-state index contributed by atoms with van der Waals surface area (Å²) in [4.78, 5) is 30.9. The van der Waals surface area contributed by atoms with Crippen LogP contribution in [-0.4, -0.2) is 60.6 Å². The molecule has 1 aliphatic carbocycles. The first-order chi connectivity index (χ1) is 18.8. The van der Waals surface area contributed by atoms with E-state index in [1.807, 2.05) is 65.6 Å². The number of anilines is 1. The third-order valence-electron chi connectivity index (χ3n) is 8.38. The zero-order chi connectivity index (χ0) is 27.1. The molecule has 3 aromatic rings. The predicted molar refractivity (Wildman–Crippen MR) is 151 cm³/mol. The van der Waals surface area contributed by atoms with Crippen LogP contribution in [0.15, 0.2) is 60.7 Å². The van der Waals surface area contributed by atoms with E-state index in [1.165, 1.54) is 0 Å². The number of hydrogen-bond donors (Lipinski definition) is 1. The Balaban J connectivity index is 1.15. The van der Waals surface area contributed by atoms with E-state index >= 15 is 0 Å². The van der Waals surface area contributed by atoms with E-state index in [2.05, 4.69) is 31.0 Å². The Morgan fingerprint density at radius 2 is 1.59 bits per heavy atom. The van der Waals surface area contributed by atoms with E-state index in [4.69, 9.17) is 9.47 Å². The minimum atomic E-state index is -0.533. The fourth-order valence-electron chi connectivity index (χ4n) is 5.64. The van der Waals surface area contributed by atoms with Crippen LogP contribution in [0.1, 0.15) is 48.2 Å². The molecule has 1 saturated carbocycles. The van der Waals surface area contributed by atoms with Crippen molar-refractivity contribution in [3.63, 3.8) is 0 Å². The Morgan fingerprint density at radius 1 is 0.872 bits per heavy atom. The van der Waals surface area contributed by atoms with E-state index < -0.39 is 5.41 Å². The summed E-state index contributed by atoms with van der Waals surface area (Å²) in [5, 5.41) is 3.16. The van der Waals surface area contributed by atoms with Crippen LogP contribution in [0, 0.1) is 6.92 Å². The van der Waals surface area contributed by atoms with Crippen LogP contribution in [0.3, 0.4) is 0 Å². The number of benzene rings is 3. The second-order valence-corrected chi connectivity index (χ2v) is 11.1. The third kappa shape index (κ3) is 4.87. The Hall–Kier alpha value is -3.84. The van der Waals surface area contributed by atoms with Gasteiger partial charge in [0.15, 0.2) is 11.5 Å². The van der Waals surface area contributed by atoms with E-state index in [1.54, 1.807) is 0 Å². The first-order valence-corrected chi connectivity index (χ1v) is 13.8. The molecule has 2 amide bonds. The maximum absolute atomic E-state index is 13.4. The van der Waals surface area contributed by atoms with Crippen molar-refractivity contribution in [3.05, 3.63) is 77.4 Å². The van der Waals surface area contributed by atoms with Gasteiger partial charge < -0.3 is 19.7 Å². The summed E-state index contributed by atoms with van der Waals surface area (Å²) >= 11 is 0. The van der Waals surface area contributed by atoms with E-state index in [0.717, 1.165) is 72.7 Å². The highest BCUT2D eigenvalue weighted by Gasteiger charge is 2.51. The number of hydrogen-bond acceptors (Lipinski definition) is 5. The number of carbonyl (C=O) groups is 2. The van der Waals surface area contributed by atoms with Gasteiger partial charge >= 0.3 is 0 Å². The standard InChI is InChI=1S/C32H35N3O4/c1-21(2)34-14-16-35(17-15-34)30(36)24-7-5-23(6-8-24)27-19-26(10-4-22(27)3)33-31(37)32(12-13-32)25-9-11-28-29(18-25)39-20-38-28/h4-11,18-19,21H,12-17,20H2,1-3H3,(H,33,37). The molecule has 6 rings (SSSR count). The van der Waals surface area contributed by atoms with Crippen molar-refractivity contribution in [1.82, 2.24) is 9.80 Å². The van der Waals surface area contributed by atoms with Crippen molar-refractivity contribution in [2.75, 3.05) is 38.3 Å². The maximum Gasteiger partial charge on any atom is 0.253 e. The van der Waals surface area contributed by atoms with Crippen molar-refractivity contribution < 1.29 is 19.1 Å². The Morgan fingerprint density at radius 3 is 2.28 bits per heavy atom. The van der Waals surface area contributed by atoms with E-state index in [0.29, 0.717) is 17.4 Å². The normalized spacial score (nSPS) is 17.8. The molecular weight excluding hydrogens is 490 g/mol. The lowest BCUT2D eigenvalue weighted by Gasteiger charge is -2.37. The van der Waals surface area contributed by atoms with Gasteiger partial charge in [0.1, 0.15) is 0 Å². The van der Waals surface area contributed by atoms with Crippen LogP contribution in [0.5, 0.6) is 11.5 Å². The Kier molecular flexibility index (Phi) is 6.55. The van der Waals surface area contributed by atoms with Crippen molar-refractivity contribution in [2.45, 2.75) is 45.1 Å². The van der Waals surface area contributed by atoms with Gasteiger partial charge in [0.05, 0.1) is 5.41 Å². The van der Waals surface area contributed by atoms with Gasteiger partial charge in [-0.1, -0.05) is 24.3 Å². The highest BCUT2D eigenvalue weighted by atomic mass is 16.7. The molecule has 39 heavy (non-hydrogen) atoms. The molecule has 2 fully saturated rings. The summed E-state index contributed by atoms with van der Waals surface area (Å²) in [5.74, 6) is 1.50. The largest absolute Gasteiger partial charge is 0.454 e. The molecule has 2 heterocycles. The minimum absolute atomic E-state index is 0.00493. The lowest BCUT2D eigenvalue weighted by atomic mass is 9.94. The molecule has 1 N–H and O–H groups in total. The number of ether oxygens (including phenoxy) is 2. The molecule has 0 bridgehead atoms. The van der Waals surface area contributed by atoms with Crippen LogP contribution in [-0.2, 0) is 10.2 Å². The number of fused-ring (bicyclic) bond motifs is 1. The molecule has 3 aliphatic rings. The van der Waals surface area contributed by atoms with Gasteiger partial charge in [0, 0.05) is 43.5 Å². The second-order valence-electron chi connectivity index (χ2n) is 11.1. The quantitative estimate of drug-likeness (QED) is 0.477. The summed E-state index contributed by atoms with van der Waals surface area (Å²) in [6.45, 7) is 10.0. The molecule has 0 atom stereocenters. The number of rotatable bonds is 6. The van der Waals surface area contributed by atoms with Crippen molar-refractivity contribution in [1.29, 1.82) is 0 Å². The molecule has 7 nitrogen and oxygen atoms in total. The Bertz CT molecular complexity index is 1400. The van der Waals surface area contributed by atoms with Crippen LogP contribution >= 0.6 is 0 Å². The molecule has 202 valence electrons. The molecule has 0 unspecified atom stereocenters. The van der Waals surface area contributed by atoms with Crippen molar-refractivity contribution >= 4 is 17.5 Å². The lowest BCUT2D eigenvalue weighted by Crippen LogP contribution is -2.50.